The van der Waals surface area contributed by atoms with Crippen molar-refractivity contribution in [2.45, 2.75) is 32.2 Å². The molecule has 0 aromatic heterocycles. The van der Waals surface area contributed by atoms with Gasteiger partial charge < -0.3 is 9.80 Å². The molecule has 2 aliphatic rings. The third-order valence-electron chi connectivity index (χ3n) is 5.42. The number of amides is 2. The first-order valence-corrected chi connectivity index (χ1v) is 9.53. The Morgan fingerprint density at radius 3 is 2.38 bits per heavy atom. The van der Waals surface area contributed by atoms with Gasteiger partial charge in [-0.3, -0.25) is 14.5 Å². The van der Waals surface area contributed by atoms with Crippen LogP contribution in [-0.4, -0.2) is 66.3 Å². The fourth-order valence-electron chi connectivity index (χ4n) is 3.88. The van der Waals surface area contributed by atoms with Crippen molar-refractivity contribution in [1.29, 1.82) is 0 Å². The van der Waals surface area contributed by atoms with Crippen LogP contribution in [0.15, 0.2) is 24.3 Å². The number of carbonyl (C=O) groups excluding carboxylic acids is 2. The lowest BCUT2D eigenvalue weighted by Gasteiger charge is -2.34. The molecule has 2 aliphatic heterocycles. The van der Waals surface area contributed by atoms with E-state index >= 15 is 0 Å². The van der Waals surface area contributed by atoms with Gasteiger partial charge in [0.05, 0.1) is 6.54 Å². The molecule has 5 nitrogen and oxygen atoms in total. The molecule has 1 aromatic carbocycles. The minimum atomic E-state index is -0.243. The van der Waals surface area contributed by atoms with Crippen molar-refractivity contribution in [3.8, 4) is 0 Å². The number of halogens is 1. The quantitative estimate of drug-likeness (QED) is 0.807. The first-order valence-electron chi connectivity index (χ1n) is 9.53. The second-order valence-corrected chi connectivity index (χ2v) is 7.45. The van der Waals surface area contributed by atoms with Gasteiger partial charge in [0.25, 0.3) is 0 Å². The molecular weight excluding hydrogens is 333 g/mol. The third-order valence-corrected chi connectivity index (χ3v) is 5.42. The lowest BCUT2D eigenvalue weighted by molar-refractivity contribution is -0.140. The molecule has 0 saturated carbocycles. The zero-order chi connectivity index (χ0) is 18.5. The van der Waals surface area contributed by atoms with E-state index in [1.165, 1.54) is 6.07 Å². The number of likely N-dealkylation sites (tertiary alicyclic amines) is 2. The fourth-order valence-corrected chi connectivity index (χ4v) is 3.88. The van der Waals surface area contributed by atoms with Crippen LogP contribution in [-0.2, 0) is 16.1 Å². The fraction of sp³-hybridized carbons (Fsp3) is 0.600. The molecule has 3 rings (SSSR count). The molecule has 26 heavy (non-hydrogen) atoms. The first kappa shape index (κ1) is 18.8. The third kappa shape index (κ3) is 4.61. The highest BCUT2D eigenvalue weighted by atomic mass is 19.1. The van der Waals surface area contributed by atoms with Crippen LogP contribution in [0.25, 0.3) is 0 Å². The topological polar surface area (TPSA) is 43.9 Å². The van der Waals surface area contributed by atoms with Gasteiger partial charge in [-0.25, -0.2) is 4.39 Å². The summed E-state index contributed by atoms with van der Waals surface area (Å²) in [7, 11) is 1.83. The number of carbonyl (C=O) groups is 2. The molecule has 0 bridgehead atoms. The summed E-state index contributed by atoms with van der Waals surface area (Å²) in [4.78, 5) is 30.6. The molecule has 0 N–H and O–H groups in total. The number of hydrogen-bond acceptors (Lipinski definition) is 3. The summed E-state index contributed by atoms with van der Waals surface area (Å²) in [5.74, 6) is 0.142. The molecule has 2 heterocycles. The van der Waals surface area contributed by atoms with Crippen LogP contribution in [0.1, 0.15) is 31.2 Å². The molecule has 2 saturated heterocycles. The van der Waals surface area contributed by atoms with Crippen LogP contribution >= 0.6 is 0 Å². The Morgan fingerprint density at radius 1 is 1.08 bits per heavy atom. The molecule has 2 amide bonds. The Kier molecular flexibility index (Phi) is 6.25. The molecule has 1 aromatic rings. The predicted molar refractivity (Wildman–Crippen MR) is 97.9 cm³/mol. The second kappa shape index (κ2) is 8.62. The summed E-state index contributed by atoms with van der Waals surface area (Å²) in [6.45, 7) is 3.71. The van der Waals surface area contributed by atoms with Crippen molar-refractivity contribution < 1.29 is 14.0 Å². The van der Waals surface area contributed by atoms with Crippen molar-refractivity contribution in [1.82, 2.24) is 14.7 Å². The zero-order valence-electron chi connectivity index (χ0n) is 15.5. The average molecular weight is 361 g/mol. The van der Waals surface area contributed by atoms with Crippen LogP contribution in [0.3, 0.4) is 0 Å². The smallest absolute Gasteiger partial charge is 0.236 e. The molecule has 0 atom stereocenters. The van der Waals surface area contributed by atoms with E-state index in [1.807, 2.05) is 21.7 Å². The molecule has 0 unspecified atom stereocenters. The van der Waals surface area contributed by atoms with E-state index in [0.717, 1.165) is 38.8 Å². The van der Waals surface area contributed by atoms with Gasteiger partial charge in [-0.05, 0) is 38.8 Å². The van der Waals surface area contributed by atoms with E-state index in [0.29, 0.717) is 25.2 Å². The summed E-state index contributed by atoms with van der Waals surface area (Å²) >= 11 is 0. The number of hydrogen-bond donors (Lipinski definition) is 0. The standard InChI is InChI=1S/C20H28FN3O2/c1-22(14-17-6-2-3-7-18(17)21)15-19(25)23-12-8-16(9-13-23)20(26)24-10-4-5-11-24/h2-3,6-7,16H,4-5,8-15H2,1H3. The Bertz CT molecular complexity index is 638. The molecule has 0 radical (unpaired) electrons. The molecule has 142 valence electrons. The second-order valence-electron chi connectivity index (χ2n) is 7.45. The van der Waals surface area contributed by atoms with Gasteiger partial charge in [-0.15, -0.1) is 0 Å². The SMILES string of the molecule is CN(CC(=O)N1CCC(C(=O)N2CCCC2)CC1)Cc1ccccc1F. The number of benzene rings is 1. The van der Waals surface area contributed by atoms with E-state index in [-0.39, 0.29) is 30.1 Å². The minimum Gasteiger partial charge on any atom is -0.342 e. The van der Waals surface area contributed by atoms with Crippen molar-refractivity contribution in [3.05, 3.63) is 35.6 Å². The van der Waals surface area contributed by atoms with Gasteiger partial charge in [0, 0.05) is 44.2 Å². The Morgan fingerprint density at radius 2 is 1.73 bits per heavy atom. The van der Waals surface area contributed by atoms with Crippen molar-refractivity contribution in [3.63, 3.8) is 0 Å². The maximum Gasteiger partial charge on any atom is 0.236 e. The van der Waals surface area contributed by atoms with E-state index in [9.17, 15) is 14.0 Å². The van der Waals surface area contributed by atoms with Gasteiger partial charge in [-0.1, -0.05) is 18.2 Å². The van der Waals surface area contributed by atoms with Crippen LogP contribution in [0.2, 0.25) is 0 Å². The Balaban J connectivity index is 1.44. The summed E-state index contributed by atoms with van der Waals surface area (Å²) in [5, 5.41) is 0. The van der Waals surface area contributed by atoms with Crippen LogP contribution in [0.4, 0.5) is 4.39 Å². The monoisotopic (exact) mass is 361 g/mol. The Labute approximate surface area is 154 Å². The van der Waals surface area contributed by atoms with E-state index < -0.39 is 0 Å². The van der Waals surface area contributed by atoms with E-state index in [4.69, 9.17) is 0 Å². The highest BCUT2D eigenvalue weighted by molar-refractivity contribution is 5.81. The molecule has 0 spiro atoms. The maximum atomic E-state index is 13.7. The Hall–Kier alpha value is -1.95. The molecular formula is C20H28FN3O2. The van der Waals surface area contributed by atoms with Gasteiger partial charge in [0.2, 0.25) is 11.8 Å². The number of nitrogens with zero attached hydrogens (tertiary/aromatic N) is 3. The minimum absolute atomic E-state index is 0.0518. The van der Waals surface area contributed by atoms with Crippen LogP contribution in [0.5, 0.6) is 0 Å². The molecule has 2 fully saturated rings. The van der Waals surface area contributed by atoms with Crippen LogP contribution < -0.4 is 0 Å². The highest BCUT2D eigenvalue weighted by Gasteiger charge is 2.31. The summed E-state index contributed by atoms with van der Waals surface area (Å²) in [6, 6.07) is 6.65. The van der Waals surface area contributed by atoms with Gasteiger partial charge in [0.1, 0.15) is 5.82 Å². The maximum absolute atomic E-state index is 13.7. The highest BCUT2D eigenvalue weighted by Crippen LogP contribution is 2.22. The predicted octanol–water partition coefficient (Wildman–Crippen LogP) is 2.12. The van der Waals surface area contributed by atoms with Crippen LogP contribution in [0, 0.1) is 11.7 Å². The number of rotatable bonds is 5. The lowest BCUT2D eigenvalue weighted by atomic mass is 9.95. The van der Waals surface area contributed by atoms with E-state index in [1.54, 1.807) is 18.2 Å². The van der Waals surface area contributed by atoms with Crippen molar-refractivity contribution in [2.24, 2.45) is 5.92 Å². The summed E-state index contributed by atoms with van der Waals surface area (Å²) in [6.07, 6.45) is 3.71. The average Bonchev–Trinajstić information content (AvgIpc) is 3.18. The first-order chi connectivity index (χ1) is 12.5. The lowest BCUT2D eigenvalue weighted by Crippen LogP contribution is -2.46. The van der Waals surface area contributed by atoms with Crippen molar-refractivity contribution in [2.75, 3.05) is 39.8 Å². The zero-order valence-corrected chi connectivity index (χ0v) is 15.5. The van der Waals surface area contributed by atoms with Gasteiger partial charge in [-0.2, -0.15) is 0 Å². The molecule has 0 aliphatic carbocycles. The number of likely N-dealkylation sites (N-methyl/N-ethyl adjacent to an activating group) is 1. The normalized spacial score (nSPS) is 18.6. The van der Waals surface area contributed by atoms with Gasteiger partial charge in [0.15, 0.2) is 0 Å². The number of piperidine rings is 1. The summed E-state index contributed by atoms with van der Waals surface area (Å²) < 4.78 is 13.7. The van der Waals surface area contributed by atoms with Crippen molar-refractivity contribution >= 4 is 11.8 Å². The largest absolute Gasteiger partial charge is 0.342 e. The van der Waals surface area contributed by atoms with Gasteiger partial charge >= 0.3 is 0 Å². The molecule has 6 heteroatoms. The summed E-state index contributed by atoms with van der Waals surface area (Å²) in [5.41, 5.74) is 0.595. The van der Waals surface area contributed by atoms with E-state index in [2.05, 4.69) is 0 Å².